The van der Waals surface area contributed by atoms with Crippen molar-refractivity contribution in [1.82, 2.24) is 5.32 Å². The second kappa shape index (κ2) is 8.60. The van der Waals surface area contributed by atoms with Crippen LogP contribution in [0.3, 0.4) is 0 Å². The van der Waals surface area contributed by atoms with Crippen LogP contribution in [-0.2, 0) is 14.3 Å². The average molecular weight is 434 g/mol. The standard InChI is InChI=1S/C20H27FN6O4/c1-19(2,3)31-18(29)23-13-7-8-26(10-13)16-6-5-14(9-15(16)21)27-11-17(24-25-22)30-20(27,4)12-28/h5-6,9,12-13,17H,7-8,10-11H2,1-4H3,(H,23,29)/t13-,17-,20?/m1/s1. The highest BCUT2D eigenvalue weighted by atomic mass is 19.1. The number of carbonyl (C=O) groups is 2. The topological polar surface area (TPSA) is 120 Å². The van der Waals surface area contributed by atoms with Gasteiger partial charge in [-0.25, -0.2) is 9.18 Å². The zero-order valence-electron chi connectivity index (χ0n) is 18.0. The molecule has 1 unspecified atom stereocenters. The van der Waals surface area contributed by atoms with Crippen molar-refractivity contribution >= 4 is 23.8 Å². The van der Waals surface area contributed by atoms with Gasteiger partial charge in [0.1, 0.15) is 11.4 Å². The molecule has 10 nitrogen and oxygen atoms in total. The zero-order valence-corrected chi connectivity index (χ0v) is 18.0. The number of rotatable bonds is 5. The molecule has 1 aromatic rings. The van der Waals surface area contributed by atoms with Crippen molar-refractivity contribution < 1.29 is 23.5 Å². The second-order valence-corrected chi connectivity index (χ2v) is 8.77. The van der Waals surface area contributed by atoms with Gasteiger partial charge in [-0.15, -0.1) is 0 Å². The number of azide groups is 1. The minimum atomic E-state index is -1.36. The first-order valence-corrected chi connectivity index (χ1v) is 10.0. The summed E-state index contributed by atoms with van der Waals surface area (Å²) in [7, 11) is 0. The number of aldehydes is 1. The largest absolute Gasteiger partial charge is 0.444 e. The van der Waals surface area contributed by atoms with Gasteiger partial charge in [0.15, 0.2) is 18.2 Å². The highest BCUT2D eigenvalue weighted by molar-refractivity contribution is 5.72. The van der Waals surface area contributed by atoms with Gasteiger partial charge in [0.25, 0.3) is 0 Å². The van der Waals surface area contributed by atoms with Crippen molar-refractivity contribution in [3.8, 4) is 0 Å². The van der Waals surface area contributed by atoms with Crippen molar-refractivity contribution in [3.05, 3.63) is 34.5 Å². The molecule has 0 radical (unpaired) electrons. The number of nitrogens with one attached hydrogen (secondary N) is 1. The van der Waals surface area contributed by atoms with Crippen LogP contribution in [0.15, 0.2) is 23.3 Å². The predicted octanol–water partition coefficient (Wildman–Crippen LogP) is 3.32. The van der Waals surface area contributed by atoms with E-state index in [-0.39, 0.29) is 12.6 Å². The number of carbonyl (C=O) groups excluding carboxylic acids is 2. The molecule has 1 N–H and O–H groups in total. The Bertz CT molecular complexity index is 900. The lowest BCUT2D eigenvalue weighted by Gasteiger charge is -2.30. The molecular formula is C20H27FN6O4. The first-order chi connectivity index (χ1) is 14.5. The Morgan fingerprint density at radius 3 is 2.81 bits per heavy atom. The molecule has 11 heteroatoms. The van der Waals surface area contributed by atoms with Crippen molar-refractivity contribution in [2.45, 2.75) is 57.7 Å². The molecule has 0 saturated carbocycles. The Morgan fingerprint density at radius 2 is 2.19 bits per heavy atom. The molecule has 0 aromatic heterocycles. The van der Waals surface area contributed by atoms with Crippen molar-refractivity contribution in [2.24, 2.45) is 5.11 Å². The summed E-state index contributed by atoms with van der Waals surface area (Å²) >= 11 is 0. The van der Waals surface area contributed by atoms with Crippen molar-refractivity contribution in [3.63, 3.8) is 0 Å². The van der Waals surface area contributed by atoms with Gasteiger partial charge in [-0.1, -0.05) is 5.11 Å². The zero-order chi connectivity index (χ0) is 22.8. The van der Waals surface area contributed by atoms with E-state index in [1.165, 1.54) is 13.0 Å². The van der Waals surface area contributed by atoms with Crippen LogP contribution in [0.2, 0.25) is 0 Å². The monoisotopic (exact) mass is 434 g/mol. The van der Waals surface area contributed by atoms with Gasteiger partial charge in [-0.3, -0.25) is 4.79 Å². The number of hydrogen-bond acceptors (Lipinski definition) is 7. The van der Waals surface area contributed by atoms with Crippen LogP contribution in [0.4, 0.5) is 20.6 Å². The third-order valence-corrected chi connectivity index (χ3v) is 5.14. The summed E-state index contributed by atoms with van der Waals surface area (Å²) < 4.78 is 25.8. The predicted molar refractivity (Wildman–Crippen MR) is 112 cm³/mol. The van der Waals surface area contributed by atoms with Crippen LogP contribution in [0.25, 0.3) is 10.4 Å². The molecule has 0 spiro atoms. The van der Waals surface area contributed by atoms with Gasteiger partial charge >= 0.3 is 6.09 Å². The van der Waals surface area contributed by atoms with E-state index in [0.717, 1.165) is 0 Å². The smallest absolute Gasteiger partial charge is 0.407 e. The van der Waals surface area contributed by atoms with Crippen LogP contribution in [0.1, 0.15) is 34.1 Å². The van der Waals surface area contributed by atoms with E-state index in [9.17, 15) is 14.0 Å². The number of benzene rings is 1. The van der Waals surface area contributed by atoms with Crippen LogP contribution >= 0.6 is 0 Å². The molecular weight excluding hydrogens is 407 g/mol. The summed E-state index contributed by atoms with van der Waals surface area (Å²) in [6.07, 6.45) is -0.0792. The minimum absolute atomic E-state index is 0.129. The quantitative estimate of drug-likeness (QED) is 0.329. The number of amides is 1. The first kappa shape index (κ1) is 22.6. The molecule has 1 amide bonds. The highest BCUT2D eigenvalue weighted by Crippen LogP contribution is 2.35. The van der Waals surface area contributed by atoms with Crippen molar-refractivity contribution in [1.29, 1.82) is 0 Å². The van der Waals surface area contributed by atoms with Gasteiger partial charge in [0.2, 0.25) is 0 Å². The SMILES string of the molecule is CC(C)(C)OC(=O)N[C@@H]1CCN(c2ccc(N3C[C@H](N=[N+]=[N-])OC3(C)C=O)cc2F)C1. The fraction of sp³-hybridized carbons (Fsp3) is 0.600. The Balaban J connectivity index is 1.69. The fourth-order valence-electron chi connectivity index (χ4n) is 3.78. The molecule has 1 aromatic carbocycles. The third kappa shape index (κ3) is 5.18. The number of hydrogen-bond donors (Lipinski definition) is 1. The second-order valence-electron chi connectivity index (χ2n) is 8.77. The van der Waals surface area contributed by atoms with Crippen LogP contribution in [0, 0.1) is 5.82 Å². The molecule has 0 aliphatic carbocycles. The maximum absolute atomic E-state index is 15.0. The molecule has 2 heterocycles. The van der Waals surface area contributed by atoms with E-state index >= 15 is 0 Å². The summed E-state index contributed by atoms with van der Waals surface area (Å²) in [5.41, 5.74) is 7.53. The highest BCUT2D eigenvalue weighted by Gasteiger charge is 2.43. The first-order valence-electron chi connectivity index (χ1n) is 10.0. The van der Waals surface area contributed by atoms with Gasteiger partial charge in [-0.05, 0) is 57.8 Å². The number of anilines is 2. The number of halogens is 1. The maximum atomic E-state index is 15.0. The number of ether oxygens (including phenoxy) is 2. The van der Waals surface area contributed by atoms with Crippen LogP contribution in [-0.4, -0.2) is 55.6 Å². The van der Waals surface area contributed by atoms with Crippen LogP contribution < -0.4 is 15.1 Å². The fourth-order valence-corrected chi connectivity index (χ4v) is 3.78. The minimum Gasteiger partial charge on any atom is -0.444 e. The molecule has 2 saturated heterocycles. The average Bonchev–Trinajstić information content (AvgIpc) is 3.25. The Morgan fingerprint density at radius 1 is 1.45 bits per heavy atom. The molecule has 2 aliphatic heterocycles. The summed E-state index contributed by atoms with van der Waals surface area (Å²) in [6, 6.07) is 4.50. The maximum Gasteiger partial charge on any atom is 0.407 e. The third-order valence-electron chi connectivity index (χ3n) is 5.14. The lowest BCUT2D eigenvalue weighted by atomic mass is 10.2. The van der Waals surface area contributed by atoms with E-state index in [2.05, 4.69) is 15.3 Å². The number of alkyl carbamates (subject to hydrolysis) is 1. The molecule has 2 aliphatic rings. The molecule has 31 heavy (non-hydrogen) atoms. The summed E-state index contributed by atoms with van der Waals surface area (Å²) in [5.74, 6) is -0.462. The van der Waals surface area contributed by atoms with Crippen LogP contribution in [0.5, 0.6) is 0 Å². The van der Waals surface area contributed by atoms with E-state index in [0.29, 0.717) is 37.2 Å². The Kier molecular flexibility index (Phi) is 6.28. The summed E-state index contributed by atoms with van der Waals surface area (Å²) in [6.45, 7) is 8.07. The summed E-state index contributed by atoms with van der Waals surface area (Å²) in [4.78, 5) is 29.7. The van der Waals surface area contributed by atoms with Gasteiger partial charge in [-0.2, -0.15) is 0 Å². The molecule has 2 fully saturated rings. The van der Waals surface area contributed by atoms with Gasteiger partial charge in [0, 0.05) is 23.7 Å². The molecule has 0 bridgehead atoms. The van der Waals surface area contributed by atoms with Gasteiger partial charge in [0.05, 0.1) is 18.3 Å². The summed E-state index contributed by atoms with van der Waals surface area (Å²) in [5, 5.41) is 6.33. The normalized spacial score (nSPS) is 25.8. The van der Waals surface area contributed by atoms with Crippen molar-refractivity contribution in [2.75, 3.05) is 29.4 Å². The molecule has 3 rings (SSSR count). The van der Waals surface area contributed by atoms with Gasteiger partial charge < -0.3 is 24.6 Å². The Hall–Kier alpha value is -3.04. The van der Waals surface area contributed by atoms with E-state index in [1.807, 2.05) is 4.90 Å². The molecule has 168 valence electrons. The van der Waals surface area contributed by atoms with E-state index < -0.39 is 29.5 Å². The van der Waals surface area contributed by atoms with E-state index in [4.69, 9.17) is 15.0 Å². The Labute approximate surface area is 179 Å². The number of nitrogens with zero attached hydrogens (tertiary/aromatic N) is 5. The van der Waals surface area contributed by atoms with E-state index in [1.54, 1.807) is 37.8 Å². The lowest BCUT2D eigenvalue weighted by Crippen LogP contribution is -2.44. The lowest BCUT2D eigenvalue weighted by molar-refractivity contribution is -0.127. The molecule has 3 atom stereocenters.